The molecule has 0 aromatic heterocycles. The Labute approximate surface area is 277 Å². The van der Waals surface area contributed by atoms with Crippen molar-refractivity contribution in [3.8, 4) is 0 Å². The Morgan fingerprint density at radius 3 is 2.24 bits per heavy atom. The number of Topliss-reactive ketones (excluding diaryl/α,β-unsaturated/α-hetero) is 1. The molecule has 7 heteroatoms. The number of aliphatic hydroxyl groups excluding tert-OH is 1. The highest BCUT2D eigenvalue weighted by Crippen LogP contribution is 2.73. The van der Waals surface area contributed by atoms with E-state index in [9.17, 15) is 24.6 Å². The molecule has 0 bridgehead atoms. The second-order valence-corrected chi connectivity index (χ2v) is 18.6. The number of aliphatic carboxylic acids is 1. The molecule has 0 spiro atoms. The minimum absolute atomic E-state index is 0.119. The van der Waals surface area contributed by atoms with Gasteiger partial charge in [0.25, 0.3) is 0 Å². The van der Waals surface area contributed by atoms with Gasteiger partial charge >= 0.3 is 11.9 Å². The summed E-state index contributed by atoms with van der Waals surface area (Å²) in [6.45, 7) is 17.7. The van der Waals surface area contributed by atoms with Crippen LogP contribution in [0, 0.1) is 56.7 Å². The molecule has 5 fully saturated rings. The molecule has 0 heterocycles. The molecule has 0 radical (unpaired) electrons. The molecule has 3 N–H and O–H groups in total. The van der Waals surface area contributed by atoms with Gasteiger partial charge < -0.3 is 20.3 Å². The van der Waals surface area contributed by atoms with Crippen LogP contribution < -0.4 is 5.32 Å². The fraction of sp³-hybridized carbons (Fsp3) is 0.872. The smallest absolute Gasteiger partial charge is 0.309 e. The van der Waals surface area contributed by atoms with Crippen LogP contribution in [0.15, 0.2) is 11.1 Å². The third kappa shape index (κ3) is 5.24. The van der Waals surface area contributed by atoms with Crippen molar-refractivity contribution in [1.82, 2.24) is 5.32 Å². The van der Waals surface area contributed by atoms with Crippen molar-refractivity contribution in [1.29, 1.82) is 0 Å². The van der Waals surface area contributed by atoms with E-state index in [1.165, 1.54) is 18.4 Å². The van der Waals surface area contributed by atoms with Crippen LogP contribution in [-0.2, 0) is 19.1 Å². The first-order valence-electron chi connectivity index (χ1n) is 18.5. The quantitative estimate of drug-likeness (QED) is 0.231. The summed E-state index contributed by atoms with van der Waals surface area (Å²) in [4.78, 5) is 38.4. The summed E-state index contributed by atoms with van der Waals surface area (Å²) < 4.78 is 6.13. The van der Waals surface area contributed by atoms with Gasteiger partial charge in [-0.15, -0.1) is 0 Å². The molecule has 0 aliphatic heterocycles. The van der Waals surface area contributed by atoms with E-state index in [1.807, 2.05) is 0 Å². The highest BCUT2D eigenvalue weighted by Gasteiger charge is 2.67. The van der Waals surface area contributed by atoms with Crippen LogP contribution in [-0.4, -0.2) is 52.7 Å². The van der Waals surface area contributed by atoms with Gasteiger partial charge in [-0.3, -0.25) is 14.4 Å². The van der Waals surface area contributed by atoms with E-state index in [-0.39, 0.29) is 40.5 Å². The van der Waals surface area contributed by atoms with E-state index in [4.69, 9.17) is 4.74 Å². The van der Waals surface area contributed by atoms with Crippen LogP contribution in [0.2, 0.25) is 0 Å². The lowest BCUT2D eigenvalue weighted by Crippen LogP contribution is -2.63. The zero-order valence-electron chi connectivity index (χ0n) is 29.8. The Bertz CT molecular complexity index is 1290. The van der Waals surface area contributed by atoms with Crippen LogP contribution >= 0.6 is 0 Å². The van der Waals surface area contributed by atoms with Crippen molar-refractivity contribution >= 4 is 17.7 Å². The summed E-state index contributed by atoms with van der Waals surface area (Å²) in [6.07, 6.45) is 10.2. The minimum atomic E-state index is -1.15. The standard InChI is InChI=1S/C39H61NO6/c1-22(2)32-26(41)19-39(29(42)21-40-23-9-10-23)18-13-25-24(33(32)39)11-12-28-37(25,7)16-14-27-36(5,6)30(15-17-38(27,28)8)46-31(43)20-35(3,4)34(44)45/h22-25,27-30,40,42H,9-21H2,1-8H3,(H,44,45). The predicted molar refractivity (Wildman–Crippen MR) is 178 cm³/mol. The molecule has 46 heavy (non-hydrogen) atoms. The number of hydrogen-bond acceptors (Lipinski definition) is 6. The fourth-order valence-electron chi connectivity index (χ4n) is 12.4. The predicted octanol–water partition coefficient (Wildman–Crippen LogP) is 7.10. The Balaban J connectivity index is 1.25. The van der Waals surface area contributed by atoms with Gasteiger partial charge in [0.2, 0.25) is 0 Å². The third-order valence-electron chi connectivity index (χ3n) is 14.8. The number of ketones is 1. The maximum atomic E-state index is 13.8. The van der Waals surface area contributed by atoms with Gasteiger partial charge in [-0.1, -0.05) is 47.1 Å². The van der Waals surface area contributed by atoms with Crippen molar-refractivity contribution in [2.24, 2.45) is 56.7 Å². The van der Waals surface area contributed by atoms with Gasteiger partial charge in [-0.05, 0) is 124 Å². The molecule has 6 aliphatic carbocycles. The second kappa shape index (κ2) is 11.4. The number of carboxylic acid groups (broad SMARTS) is 1. The van der Waals surface area contributed by atoms with Crippen molar-refractivity contribution in [2.45, 2.75) is 151 Å². The monoisotopic (exact) mass is 639 g/mol. The van der Waals surface area contributed by atoms with Crippen molar-refractivity contribution in [2.75, 3.05) is 6.54 Å². The van der Waals surface area contributed by atoms with E-state index >= 15 is 0 Å². The number of hydrogen-bond donors (Lipinski definition) is 3. The van der Waals surface area contributed by atoms with Crippen molar-refractivity contribution in [3.63, 3.8) is 0 Å². The molecular weight excluding hydrogens is 578 g/mol. The van der Waals surface area contributed by atoms with Gasteiger partial charge in [0, 0.05) is 29.8 Å². The number of esters is 1. The number of rotatable bonds is 9. The second-order valence-electron chi connectivity index (χ2n) is 18.6. The average molecular weight is 640 g/mol. The first-order chi connectivity index (χ1) is 21.4. The Kier molecular flexibility index (Phi) is 8.48. The van der Waals surface area contributed by atoms with Gasteiger partial charge in [-0.25, -0.2) is 0 Å². The molecule has 7 nitrogen and oxygen atoms in total. The fourth-order valence-corrected chi connectivity index (χ4v) is 12.4. The molecule has 5 saturated carbocycles. The first kappa shape index (κ1) is 34.1. The Morgan fingerprint density at radius 2 is 1.61 bits per heavy atom. The van der Waals surface area contributed by atoms with Crippen LogP contribution in [0.25, 0.3) is 0 Å². The van der Waals surface area contributed by atoms with Crippen LogP contribution in [0.1, 0.15) is 132 Å². The Hall–Kier alpha value is -1.73. The van der Waals surface area contributed by atoms with E-state index in [1.54, 1.807) is 13.8 Å². The summed E-state index contributed by atoms with van der Waals surface area (Å²) in [5.41, 5.74) is 0.893. The number of nitrogens with one attached hydrogen (secondary N) is 1. The van der Waals surface area contributed by atoms with Crippen molar-refractivity contribution < 1.29 is 29.3 Å². The summed E-state index contributed by atoms with van der Waals surface area (Å²) >= 11 is 0. The number of carbonyl (C=O) groups excluding carboxylic acids is 2. The van der Waals surface area contributed by atoms with E-state index in [0.717, 1.165) is 56.9 Å². The molecule has 6 aliphatic rings. The van der Waals surface area contributed by atoms with Gasteiger partial charge in [0.05, 0.1) is 17.9 Å². The van der Waals surface area contributed by atoms with Gasteiger partial charge in [0.15, 0.2) is 5.78 Å². The van der Waals surface area contributed by atoms with Crippen molar-refractivity contribution in [3.05, 3.63) is 11.1 Å². The summed E-state index contributed by atoms with van der Waals surface area (Å²) in [7, 11) is 0. The number of aliphatic hydroxyl groups is 1. The minimum Gasteiger partial charge on any atom is -0.481 e. The number of carboxylic acids is 1. The zero-order valence-corrected chi connectivity index (χ0v) is 29.8. The number of ether oxygens (including phenoxy) is 1. The Morgan fingerprint density at radius 1 is 0.935 bits per heavy atom. The molecule has 0 aromatic carbocycles. The summed E-state index contributed by atoms with van der Waals surface area (Å²) in [5.74, 6) is 0.886. The lowest BCUT2D eigenvalue weighted by molar-refractivity contribution is -0.214. The number of allylic oxidation sites excluding steroid dienone is 1. The highest BCUT2D eigenvalue weighted by molar-refractivity contribution is 6.00. The first-order valence-corrected chi connectivity index (χ1v) is 18.5. The molecular formula is C39H61NO6. The molecule has 9 atom stereocenters. The van der Waals surface area contributed by atoms with E-state index < -0.39 is 28.9 Å². The number of fused-ring (bicyclic) bond motifs is 7. The van der Waals surface area contributed by atoms with Crippen LogP contribution in [0.3, 0.4) is 0 Å². The summed E-state index contributed by atoms with van der Waals surface area (Å²) in [5, 5.41) is 25.0. The van der Waals surface area contributed by atoms with E-state index in [2.05, 4.69) is 46.9 Å². The maximum absolute atomic E-state index is 13.8. The topological polar surface area (TPSA) is 113 Å². The normalized spacial score (nSPS) is 40.9. The third-order valence-corrected chi connectivity index (χ3v) is 14.8. The van der Waals surface area contributed by atoms with Gasteiger partial charge in [-0.2, -0.15) is 0 Å². The van der Waals surface area contributed by atoms with Crippen LogP contribution in [0.4, 0.5) is 0 Å². The molecule has 258 valence electrons. The average Bonchev–Trinajstić information content (AvgIpc) is 3.72. The molecule has 6 rings (SSSR count). The lowest BCUT2D eigenvalue weighted by Gasteiger charge is -2.69. The lowest BCUT2D eigenvalue weighted by atomic mass is 9.36. The SMILES string of the molecule is CC(C)C1=C2C3CCC4C(C)(CCC5C(C)(C)C(OC(=O)CC(C)(C)C(=O)O)CCC54C)C3CCC2(C(O)CNC2CC2)CC1=O. The molecule has 0 amide bonds. The molecule has 0 aromatic rings. The molecule has 9 unspecified atom stereocenters. The largest absolute Gasteiger partial charge is 0.481 e. The highest BCUT2D eigenvalue weighted by atomic mass is 16.5. The van der Waals surface area contributed by atoms with Gasteiger partial charge in [0.1, 0.15) is 6.10 Å². The number of carbonyl (C=O) groups is 3. The summed E-state index contributed by atoms with van der Waals surface area (Å²) in [6, 6.07) is 0.529. The zero-order chi connectivity index (χ0) is 33.6. The van der Waals surface area contributed by atoms with Crippen LogP contribution in [0.5, 0.6) is 0 Å². The molecule has 0 saturated heterocycles. The van der Waals surface area contributed by atoms with E-state index in [0.29, 0.717) is 42.7 Å². The maximum Gasteiger partial charge on any atom is 0.309 e.